The molecule has 0 N–H and O–H groups in total. The maximum Gasteiger partial charge on any atom is 0.129 e. The van der Waals surface area contributed by atoms with E-state index in [4.69, 9.17) is 0 Å². The third kappa shape index (κ3) is 9.42. The summed E-state index contributed by atoms with van der Waals surface area (Å²) < 4.78 is 15.9. The molecule has 3 atom stereocenters. The number of halogens is 1. The Kier molecular flexibility index (Phi) is 14.3. The minimum atomic E-state index is -0.0820. The fourth-order valence-corrected chi connectivity index (χ4v) is 6.30. The van der Waals surface area contributed by atoms with Crippen molar-refractivity contribution < 1.29 is 4.39 Å². The topological polar surface area (TPSA) is 0 Å². The van der Waals surface area contributed by atoms with Crippen molar-refractivity contribution in [3.63, 3.8) is 0 Å². The minimum Gasteiger partial charge on any atom is -0.206 e. The molecular formula is C40H59F. The van der Waals surface area contributed by atoms with Crippen molar-refractivity contribution in [3.8, 4) is 0 Å². The third-order valence-corrected chi connectivity index (χ3v) is 8.54. The van der Waals surface area contributed by atoms with Crippen molar-refractivity contribution in [1.29, 1.82) is 0 Å². The maximum absolute atomic E-state index is 15.9. The molecule has 1 aliphatic rings. The largest absolute Gasteiger partial charge is 0.206 e. The number of aryl methyl sites for hydroxylation is 1. The monoisotopic (exact) mass is 558 g/mol. The van der Waals surface area contributed by atoms with Gasteiger partial charge < -0.3 is 0 Å². The highest BCUT2D eigenvalue weighted by atomic mass is 19.1. The van der Waals surface area contributed by atoms with Gasteiger partial charge in [0.05, 0.1) is 0 Å². The molecule has 41 heavy (non-hydrogen) atoms. The summed E-state index contributed by atoms with van der Waals surface area (Å²) in [5.41, 5.74) is 11.7. The lowest BCUT2D eigenvalue weighted by Crippen LogP contribution is -2.31. The standard InChI is InChI=1S/C38H53F.C2H6/c1-14-30(15-2)28(9)34-23-33(25(5)6)35(36(29(34)10)32-19-16-18-26(7)37(32)39)22-27(8)31(24(3)4)20-17-21-38(11,12)13;1-2/h14,16-20,33,35-36H,1,3,5,15,21-23H2,2,4,6-13H3;1-2H3/b20-17-,30-28-,31-27-;. The molecule has 0 saturated carbocycles. The first kappa shape index (κ1) is 36.4. The molecule has 2 rings (SSSR count). The van der Waals surface area contributed by atoms with Crippen LogP contribution in [0.5, 0.6) is 0 Å². The highest BCUT2D eigenvalue weighted by Crippen LogP contribution is 2.52. The molecule has 0 fully saturated rings. The van der Waals surface area contributed by atoms with Gasteiger partial charge in [-0.1, -0.05) is 120 Å². The molecule has 1 aromatic rings. The lowest BCUT2D eigenvalue weighted by Gasteiger charge is -2.42. The Hall–Kier alpha value is -2.67. The van der Waals surface area contributed by atoms with Crippen LogP contribution >= 0.6 is 0 Å². The molecule has 0 nitrogen and oxygen atoms in total. The number of allylic oxidation sites excluding steroid dienone is 11. The highest BCUT2D eigenvalue weighted by Gasteiger charge is 2.39. The van der Waals surface area contributed by atoms with E-state index in [0.717, 1.165) is 36.8 Å². The van der Waals surface area contributed by atoms with Crippen LogP contribution in [0, 0.1) is 30.0 Å². The average molecular weight is 559 g/mol. The number of hydrogen-bond donors (Lipinski definition) is 0. The molecule has 0 saturated heterocycles. The van der Waals surface area contributed by atoms with Crippen molar-refractivity contribution >= 4 is 0 Å². The van der Waals surface area contributed by atoms with E-state index >= 15 is 4.39 Å². The lowest BCUT2D eigenvalue weighted by molar-refractivity contribution is 0.306. The average Bonchev–Trinajstić information content (AvgIpc) is 2.89. The Bertz CT molecular complexity index is 1220. The van der Waals surface area contributed by atoms with Gasteiger partial charge in [0.1, 0.15) is 5.82 Å². The fourth-order valence-electron chi connectivity index (χ4n) is 6.30. The second kappa shape index (κ2) is 16.1. The first-order chi connectivity index (χ1) is 19.1. The summed E-state index contributed by atoms with van der Waals surface area (Å²) in [6, 6.07) is 5.87. The van der Waals surface area contributed by atoms with Crippen LogP contribution in [0.4, 0.5) is 4.39 Å². The lowest BCUT2D eigenvalue weighted by atomic mass is 9.62. The SMILES string of the molecule is C=C/C(CC)=C(\C)C1=C(C)C(c2cccc(C)c2F)C(C/C(C)=C(/C=C\CC(C)(C)C)C(=C)C)C(C(=C)C)C1.CC. The number of hydrogen-bond acceptors (Lipinski definition) is 0. The summed E-state index contributed by atoms with van der Waals surface area (Å²) in [6.07, 6.45) is 10.2. The van der Waals surface area contributed by atoms with Gasteiger partial charge in [-0.25, -0.2) is 4.39 Å². The Morgan fingerprint density at radius 3 is 2.15 bits per heavy atom. The molecule has 226 valence electrons. The summed E-state index contributed by atoms with van der Waals surface area (Å²) in [5, 5.41) is 0. The second-order valence-electron chi connectivity index (χ2n) is 13.0. The molecule has 1 aliphatic carbocycles. The number of benzene rings is 1. The summed E-state index contributed by atoms with van der Waals surface area (Å²) in [5.74, 6) is 0.329. The molecule has 3 unspecified atom stereocenters. The second-order valence-corrected chi connectivity index (χ2v) is 13.0. The van der Waals surface area contributed by atoms with Gasteiger partial charge in [0.25, 0.3) is 0 Å². The molecule has 1 heteroatoms. The molecule has 0 aromatic heterocycles. The minimum absolute atomic E-state index is 0.0342. The molecule has 1 aromatic carbocycles. The molecule has 0 bridgehead atoms. The first-order valence-electron chi connectivity index (χ1n) is 15.6. The van der Waals surface area contributed by atoms with Crippen molar-refractivity contribution in [1.82, 2.24) is 0 Å². The summed E-state index contributed by atoms with van der Waals surface area (Å²) in [6.45, 7) is 38.6. The summed E-state index contributed by atoms with van der Waals surface area (Å²) in [4.78, 5) is 0. The quantitative estimate of drug-likeness (QED) is 0.198. The summed E-state index contributed by atoms with van der Waals surface area (Å²) >= 11 is 0. The van der Waals surface area contributed by atoms with Gasteiger partial charge in [-0.2, -0.15) is 0 Å². The Morgan fingerprint density at radius 2 is 1.66 bits per heavy atom. The normalized spacial score (nSPS) is 20.7. The van der Waals surface area contributed by atoms with Crippen molar-refractivity contribution in [2.75, 3.05) is 0 Å². The molecular weight excluding hydrogens is 499 g/mol. The predicted molar refractivity (Wildman–Crippen MR) is 183 cm³/mol. The molecule has 0 aliphatic heterocycles. The van der Waals surface area contributed by atoms with Gasteiger partial charge in [0.2, 0.25) is 0 Å². The zero-order valence-electron chi connectivity index (χ0n) is 28.5. The Balaban J connectivity index is 0.00000411. The zero-order valence-corrected chi connectivity index (χ0v) is 28.5. The van der Waals surface area contributed by atoms with Crippen LogP contribution in [0.25, 0.3) is 0 Å². The Morgan fingerprint density at radius 1 is 1.05 bits per heavy atom. The van der Waals surface area contributed by atoms with Crippen LogP contribution in [0.2, 0.25) is 0 Å². The van der Waals surface area contributed by atoms with Crippen LogP contribution in [-0.4, -0.2) is 0 Å². The van der Waals surface area contributed by atoms with E-state index in [2.05, 4.69) is 94.2 Å². The van der Waals surface area contributed by atoms with Gasteiger partial charge in [-0.15, -0.1) is 0 Å². The third-order valence-electron chi connectivity index (χ3n) is 8.54. The van der Waals surface area contributed by atoms with Crippen molar-refractivity contribution in [2.45, 2.75) is 115 Å². The van der Waals surface area contributed by atoms with Crippen LogP contribution < -0.4 is 0 Å². The zero-order chi connectivity index (χ0) is 31.7. The van der Waals surface area contributed by atoms with E-state index in [1.165, 1.54) is 39.0 Å². The maximum atomic E-state index is 15.9. The van der Waals surface area contributed by atoms with E-state index in [0.29, 0.717) is 5.56 Å². The van der Waals surface area contributed by atoms with E-state index in [1.807, 2.05) is 45.0 Å². The van der Waals surface area contributed by atoms with E-state index in [1.54, 1.807) is 0 Å². The Labute approximate surface area is 253 Å². The van der Waals surface area contributed by atoms with Crippen molar-refractivity contribution in [3.05, 3.63) is 118 Å². The molecule has 0 heterocycles. The van der Waals surface area contributed by atoms with Crippen LogP contribution in [0.15, 0.2) is 101 Å². The first-order valence-corrected chi connectivity index (χ1v) is 15.6. The fraction of sp³-hybridized carbons (Fsp3) is 0.500. The van der Waals surface area contributed by atoms with Crippen molar-refractivity contribution in [2.24, 2.45) is 17.3 Å². The van der Waals surface area contributed by atoms with E-state index < -0.39 is 0 Å². The van der Waals surface area contributed by atoms with Gasteiger partial charge in [0, 0.05) is 5.92 Å². The van der Waals surface area contributed by atoms with Gasteiger partial charge in [-0.3, -0.25) is 0 Å². The summed E-state index contributed by atoms with van der Waals surface area (Å²) in [7, 11) is 0. The number of rotatable bonds is 10. The predicted octanol–water partition coefficient (Wildman–Crippen LogP) is 13.0. The van der Waals surface area contributed by atoms with E-state index in [-0.39, 0.29) is 29.0 Å². The highest BCUT2D eigenvalue weighted by molar-refractivity contribution is 5.49. The van der Waals surface area contributed by atoms with Gasteiger partial charge in [0.15, 0.2) is 0 Å². The molecule has 0 amide bonds. The van der Waals surface area contributed by atoms with Gasteiger partial charge >= 0.3 is 0 Å². The molecule has 0 spiro atoms. The van der Waals surface area contributed by atoms with Crippen LogP contribution in [0.3, 0.4) is 0 Å². The van der Waals surface area contributed by atoms with Crippen LogP contribution in [0.1, 0.15) is 119 Å². The van der Waals surface area contributed by atoms with Gasteiger partial charge in [-0.05, 0) is 118 Å². The van der Waals surface area contributed by atoms with E-state index in [9.17, 15) is 0 Å². The molecule has 0 radical (unpaired) electrons. The smallest absolute Gasteiger partial charge is 0.129 e. The van der Waals surface area contributed by atoms with Crippen LogP contribution in [-0.2, 0) is 0 Å².